The van der Waals surface area contributed by atoms with E-state index >= 15 is 0 Å². The molecule has 1 heterocycles. The number of hydrogen-bond acceptors (Lipinski definition) is 6. The molecule has 0 N–H and O–H groups in total. The third-order valence-electron chi connectivity index (χ3n) is 4.78. The van der Waals surface area contributed by atoms with E-state index in [1.165, 1.54) is 13.2 Å². The van der Waals surface area contributed by atoms with E-state index in [1.807, 2.05) is 9.80 Å². The Morgan fingerprint density at radius 1 is 1.26 bits per heavy atom. The van der Waals surface area contributed by atoms with Gasteiger partial charge in [-0.15, -0.1) is 0 Å². The molecule has 1 aliphatic heterocycles. The number of hydrogen-bond donors (Lipinski definition) is 0. The molecule has 8 nitrogen and oxygen atoms in total. The van der Waals surface area contributed by atoms with Gasteiger partial charge in [-0.3, -0.25) is 19.8 Å². The summed E-state index contributed by atoms with van der Waals surface area (Å²) >= 11 is 0. The molecule has 1 amide bonds. The highest BCUT2D eigenvalue weighted by Gasteiger charge is 2.35. The molecule has 2 aliphatic rings. The zero-order valence-electron chi connectivity index (χ0n) is 14.9. The number of amides is 1. The lowest BCUT2D eigenvalue weighted by molar-refractivity contribution is -0.385. The van der Waals surface area contributed by atoms with Crippen molar-refractivity contribution in [2.75, 3.05) is 33.3 Å². The molecule has 10 heteroatoms. The van der Waals surface area contributed by atoms with Crippen LogP contribution in [0, 0.1) is 16.0 Å². The first-order valence-corrected chi connectivity index (χ1v) is 8.70. The summed E-state index contributed by atoms with van der Waals surface area (Å²) in [6.45, 7) is -0.519. The van der Waals surface area contributed by atoms with E-state index in [2.05, 4.69) is 4.74 Å². The second kappa shape index (κ2) is 8.03. The van der Waals surface area contributed by atoms with Crippen molar-refractivity contribution in [3.8, 4) is 11.5 Å². The predicted octanol–water partition coefficient (Wildman–Crippen LogP) is 2.26. The monoisotopic (exact) mass is 385 g/mol. The van der Waals surface area contributed by atoms with Crippen molar-refractivity contribution < 1.29 is 28.0 Å². The molecule has 0 radical (unpaired) electrons. The van der Waals surface area contributed by atoms with Crippen LogP contribution in [-0.2, 0) is 11.3 Å². The molecule has 1 aromatic carbocycles. The highest BCUT2D eigenvalue weighted by molar-refractivity contribution is 5.81. The number of benzene rings is 1. The third-order valence-corrected chi connectivity index (χ3v) is 4.78. The molecule has 27 heavy (non-hydrogen) atoms. The number of nitro benzene ring substituents is 1. The number of ether oxygens (including phenoxy) is 2. The van der Waals surface area contributed by atoms with Gasteiger partial charge in [0.1, 0.15) is 0 Å². The molecule has 0 atom stereocenters. The van der Waals surface area contributed by atoms with E-state index < -0.39 is 11.5 Å². The van der Waals surface area contributed by atoms with Crippen molar-refractivity contribution in [1.29, 1.82) is 0 Å². The number of nitro groups is 1. The normalized spacial score (nSPS) is 17.9. The van der Waals surface area contributed by atoms with Crippen LogP contribution in [0.15, 0.2) is 12.1 Å². The number of alkyl halides is 2. The summed E-state index contributed by atoms with van der Waals surface area (Å²) < 4.78 is 34.4. The summed E-state index contributed by atoms with van der Waals surface area (Å²) in [6, 6.07) is 2.32. The fourth-order valence-electron chi connectivity index (χ4n) is 3.19. The van der Waals surface area contributed by atoms with E-state index in [4.69, 9.17) is 4.74 Å². The van der Waals surface area contributed by atoms with Crippen molar-refractivity contribution in [1.82, 2.24) is 9.80 Å². The first kappa shape index (κ1) is 19.3. The Bertz CT molecular complexity index is 719. The van der Waals surface area contributed by atoms with Crippen molar-refractivity contribution in [3.63, 3.8) is 0 Å². The van der Waals surface area contributed by atoms with Gasteiger partial charge in [0.05, 0.1) is 18.1 Å². The van der Waals surface area contributed by atoms with Gasteiger partial charge < -0.3 is 14.4 Å². The summed E-state index contributed by atoms with van der Waals surface area (Å²) in [5, 5.41) is 11.4. The maximum Gasteiger partial charge on any atom is 0.387 e. The number of rotatable bonds is 7. The Hall–Kier alpha value is -2.49. The van der Waals surface area contributed by atoms with Gasteiger partial charge in [-0.25, -0.2) is 0 Å². The molecular formula is C17H21F2N3O5. The van der Waals surface area contributed by atoms with Crippen LogP contribution in [0.5, 0.6) is 11.5 Å². The zero-order chi connectivity index (χ0) is 19.6. The molecule has 2 fully saturated rings. The first-order valence-electron chi connectivity index (χ1n) is 8.70. The maximum absolute atomic E-state index is 12.5. The summed E-state index contributed by atoms with van der Waals surface area (Å²) in [6.07, 6.45) is 1.91. The highest BCUT2D eigenvalue weighted by atomic mass is 19.3. The van der Waals surface area contributed by atoms with E-state index in [9.17, 15) is 23.7 Å². The van der Waals surface area contributed by atoms with Crippen molar-refractivity contribution in [2.24, 2.45) is 5.92 Å². The minimum absolute atomic E-state index is 0.0125. The minimum atomic E-state index is -3.11. The topological polar surface area (TPSA) is 85.2 Å². The molecule has 1 aliphatic carbocycles. The smallest absolute Gasteiger partial charge is 0.387 e. The van der Waals surface area contributed by atoms with Gasteiger partial charge in [0.15, 0.2) is 11.5 Å². The van der Waals surface area contributed by atoms with E-state index in [0.29, 0.717) is 31.7 Å². The van der Waals surface area contributed by atoms with Crippen LogP contribution >= 0.6 is 0 Å². The molecule has 1 saturated carbocycles. The van der Waals surface area contributed by atoms with Crippen molar-refractivity contribution in [3.05, 3.63) is 27.8 Å². The number of nitrogens with zero attached hydrogens (tertiary/aromatic N) is 3. The Kier molecular flexibility index (Phi) is 5.73. The second-order valence-corrected chi connectivity index (χ2v) is 6.64. The molecule has 0 bridgehead atoms. The molecule has 3 rings (SSSR count). The number of carbonyl (C=O) groups is 1. The zero-order valence-corrected chi connectivity index (χ0v) is 14.9. The lowest BCUT2D eigenvalue weighted by Crippen LogP contribution is -2.48. The summed E-state index contributed by atoms with van der Waals surface area (Å²) in [4.78, 5) is 26.7. The fraction of sp³-hybridized carbons (Fsp3) is 0.588. The highest BCUT2D eigenvalue weighted by Crippen LogP contribution is 2.36. The summed E-state index contributed by atoms with van der Waals surface area (Å²) in [5.41, 5.74) is 0.0448. The van der Waals surface area contributed by atoms with Crippen LogP contribution < -0.4 is 9.47 Å². The average molecular weight is 385 g/mol. The molecule has 1 aromatic rings. The first-order chi connectivity index (χ1) is 12.9. The fourth-order valence-corrected chi connectivity index (χ4v) is 3.19. The predicted molar refractivity (Wildman–Crippen MR) is 90.9 cm³/mol. The van der Waals surface area contributed by atoms with E-state index in [-0.39, 0.29) is 35.6 Å². The second-order valence-electron chi connectivity index (χ2n) is 6.64. The summed E-state index contributed by atoms with van der Waals surface area (Å²) in [5.74, 6) is 0.00123. The Balaban J connectivity index is 1.71. The SMILES string of the molecule is COc1cc(CN2CCN(C(=O)C3CC3)CC2)c([N+](=O)[O-])cc1OC(F)F. The van der Waals surface area contributed by atoms with Gasteiger partial charge in [-0.1, -0.05) is 0 Å². The summed E-state index contributed by atoms with van der Waals surface area (Å²) in [7, 11) is 1.28. The van der Waals surface area contributed by atoms with E-state index in [1.54, 1.807) is 0 Å². The van der Waals surface area contributed by atoms with Gasteiger partial charge in [-0.2, -0.15) is 8.78 Å². The van der Waals surface area contributed by atoms with E-state index in [0.717, 1.165) is 18.9 Å². The van der Waals surface area contributed by atoms with Crippen LogP contribution in [0.1, 0.15) is 18.4 Å². The van der Waals surface area contributed by atoms with Crippen LogP contribution in [-0.4, -0.2) is 60.5 Å². The molecule has 148 valence electrons. The third kappa shape index (κ3) is 4.62. The van der Waals surface area contributed by atoms with Gasteiger partial charge in [0.2, 0.25) is 5.91 Å². The van der Waals surface area contributed by atoms with Crippen LogP contribution in [0.25, 0.3) is 0 Å². The van der Waals surface area contributed by atoms with Gasteiger partial charge >= 0.3 is 6.61 Å². The molecule has 0 aromatic heterocycles. The Morgan fingerprint density at radius 2 is 1.93 bits per heavy atom. The molecular weight excluding hydrogens is 364 g/mol. The minimum Gasteiger partial charge on any atom is -0.493 e. The van der Waals surface area contributed by atoms with Crippen LogP contribution in [0.4, 0.5) is 14.5 Å². The quantitative estimate of drug-likeness (QED) is 0.529. The number of piperazine rings is 1. The lowest BCUT2D eigenvalue weighted by atomic mass is 10.1. The number of halogens is 2. The van der Waals surface area contributed by atoms with Gasteiger partial charge in [0.25, 0.3) is 5.69 Å². The number of methoxy groups -OCH3 is 1. The molecule has 0 spiro atoms. The average Bonchev–Trinajstić information content (AvgIpc) is 3.47. The Labute approximate surface area is 154 Å². The van der Waals surface area contributed by atoms with Crippen molar-refractivity contribution >= 4 is 11.6 Å². The van der Waals surface area contributed by atoms with Crippen molar-refractivity contribution in [2.45, 2.75) is 26.0 Å². The Morgan fingerprint density at radius 3 is 2.44 bits per heavy atom. The number of carbonyl (C=O) groups excluding carboxylic acids is 1. The van der Waals surface area contributed by atoms with Gasteiger partial charge in [-0.05, 0) is 18.9 Å². The lowest BCUT2D eigenvalue weighted by Gasteiger charge is -2.34. The van der Waals surface area contributed by atoms with Gasteiger partial charge in [0, 0.05) is 44.2 Å². The maximum atomic E-state index is 12.5. The largest absolute Gasteiger partial charge is 0.493 e. The van der Waals surface area contributed by atoms with Crippen LogP contribution in [0.3, 0.4) is 0 Å². The van der Waals surface area contributed by atoms with Crippen LogP contribution in [0.2, 0.25) is 0 Å². The molecule has 0 unspecified atom stereocenters. The molecule has 1 saturated heterocycles. The standard InChI is InChI=1S/C17H21F2N3O5/c1-26-14-8-12(13(22(24)25)9-15(14)27-17(18)19)10-20-4-6-21(7-5-20)16(23)11-2-3-11/h8-9,11,17H,2-7,10H2,1H3.